The van der Waals surface area contributed by atoms with Crippen LogP contribution >= 0.6 is 0 Å². The lowest BCUT2D eigenvalue weighted by atomic mass is 9.98. The van der Waals surface area contributed by atoms with E-state index in [9.17, 15) is 0 Å². The summed E-state index contributed by atoms with van der Waals surface area (Å²) in [4.78, 5) is 0. The summed E-state index contributed by atoms with van der Waals surface area (Å²) >= 11 is 0. The number of fused-ring (bicyclic) bond motifs is 12. The largest absolute Gasteiger partial charge is 0.456 e. The van der Waals surface area contributed by atoms with Crippen LogP contribution in [0.5, 0.6) is 0 Å². The summed E-state index contributed by atoms with van der Waals surface area (Å²) in [6.07, 6.45) is 0. The fraction of sp³-hybridized carbons (Fsp3) is 0. The molecule has 0 amide bonds. The first-order chi connectivity index (χ1) is 28.8. The van der Waals surface area contributed by atoms with Crippen LogP contribution in [0.1, 0.15) is 0 Å². The molecule has 0 spiro atoms. The molecule has 13 aromatic rings. The van der Waals surface area contributed by atoms with Crippen molar-refractivity contribution in [2.24, 2.45) is 0 Å². The quantitative estimate of drug-likeness (QED) is 0.180. The zero-order chi connectivity index (χ0) is 37.9. The molecule has 0 bridgehead atoms. The van der Waals surface area contributed by atoms with E-state index in [1.807, 2.05) is 24.3 Å². The Morgan fingerprint density at radius 3 is 1.17 bits per heavy atom. The Labute approximate surface area is 332 Å². The van der Waals surface area contributed by atoms with Crippen LogP contribution in [0, 0.1) is 0 Å². The van der Waals surface area contributed by atoms with E-state index in [1.165, 1.54) is 32.6 Å². The van der Waals surface area contributed by atoms with Crippen molar-refractivity contribution in [1.82, 2.24) is 9.13 Å². The lowest BCUT2D eigenvalue weighted by molar-refractivity contribution is 0.668. The van der Waals surface area contributed by atoms with Gasteiger partial charge in [-0.05, 0) is 83.9 Å². The van der Waals surface area contributed by atoms with Gasteiger partial charge in [0.15, 0.2) is 0 Å². The predicted molar refractivity (Wildman–Crippen MR) is 241 cm³/mol. The van der Waals surface area contributed by atoms with Crippen LogP contribution < -0.4 is 0 Å². The monoisotopic (exact) mass is 740 g/mol. The van der Waals surface area contributed by atoms with Gasteiger partial charge in [-0.15, -0.1) is 0 Å². The first kappa shape index (κ1) is 31.4. The van der Waals surface area contributed by atoms with Crippen molar-refractivity contribution in [3.63, 3.8) is 0 Å². The zero-order valence-corrected chi connectivity index (χ0v) is 31.2. The van der Waals surface area contributed by atoms with Crippen molar-refractivity contribution in [1.29, 1.82) is 0 Å². The molecule has 0 aliphatic heterocycles. The SMILES string of the molecule is c1ccc2c(c1)oc1ccc(-c3cccc4c5cccc(-c6ccc7oc8ccccc8c7c6)c5n(-c5ccc(-n6c7ccccc7c7ccccc76)cc5)c34)cc12. The molecule has 0 unspecified atom stereocenters. The third-order valence-electron chi connectivity index (χ3n) is 12.1. The molecular formula is C54H32N2O2. The molecule has 4 heteroatoms. The Kier molecular flexibility index (Phi) is 6.41. The fourth-order valence-corrected chi connectivity index (χ4v) is 9.58. The van der Waals surface area contributed by atoms with E-state index in [1.54, 1.807) is 0 Å². The minimum atomic E-state index is 0.891. The number of benzene rings is 9. The van der Waals surface area contributed by atoms with E-state index in [0.29, 0.717) is 0 Å². The van der Waals surface area contributed by atoms with Crippen LogP contribution in [0.2, 0.25) is 0 Å². The molecule has 58 heavy (non-hydrogen) atoms. The van der Waals surface area contributed by atoms with Gasteiger partial charge >= 0.3 is 0 Å². The van der Waals surface area contributed by atoms with Crippen LogP contribution in [-0.4, -0.2) is 9.13 Å². The molecule has 0 radical (unpaired) electrons. The van der Waals surface area contributed by atoms with Gasteiger partial charge in [0.05, 0.1) is 22.1 Å². The van der Waals surface area contributed by atoms with Crippen molar-refractivity contribution in [2.75, 3.05) is 0 Å². The minimum absolute atomic E-state index is 0.891. The van der Waals surface area contributed by atoms with E-state index >= 15 is 0 Å². The maximum Gasteiger partial charge on any atom is 0.135 e. The number of nitrogens with zero attached hydrogens (tertiary/aromatic N) is 2. The van der Waals surface area contributed by atoms with Crippen molar-refractivity contribution in [2.45, 2.75) is 0 Å². The third-order valence-corrected chi connectivity index (χ3v) is 12.1. The molecule has 0 fully saturated rings. The van der Waals surface area contributed by atoms with E-state index in [0.717, 1.165) is 88.5 Å². The van der Waals surface area contributed by atoms with E-state index < -0.39 is 0 Å². The van der Waals surface area contributed by atoms with Gasteiger partial charge in [0.1, 0.15) is 22.3 Å². The first-order valence-electron chi connectivity index (χ1n) is 19.8. The maximum absolute atomic E-state index is 6.27. The number of hydrogen-bond acceptors (Lipinski definition) is 2. The highest BCUT2D eigenvalue weighted by Crippen LogP contribution is 2.44. The average molecular weight is 741 g/mol. The summed E-state index contributed by atoms with van der Waals surface area (Å²) in [7, 11) is 0. The van der Waals surface area contributed by atoms with Crippen molar-refractivity contribution in [3.05, 3.63) is 194 Å². The minimum Gasteiger partial charge on any atom is -0.456 e. The van der Waals surface area contributed by atoms with Gasteiger partial charge in [-0.3, -0.25) is 0 Å². The molecule has 4 aromatic heterocycles. The Morgan fingerprint density at radius 2 is 0.672 bits per heavy atom. The number of aromatic nitrogens is 2. The number of para-hydroxylation sites is 6. The second kappa shape index (κ2) is 11.8. The molecule has 270 valence electrons. The van der Waals surface area contributed by atoms with E-state index in [2.05, 4.69) is 179 Å². The first-order valence-corrected chi connectivity index (χ1v) is 19.8. The molecule has 0 atom stereocenters. The number of hydrogen-bond donors (Lipinski definition) is 0. The van der Waals surface area contributed by atoms with Crippen LogP contribution in [0.3, 0.4) is 0 Å². The second-order valence-corrected chi connectivity index (χ2v) is 15.2. The van der Waals surface area contributed by atoms with Gasteiger partial charge in [0.25, 0.3) is 0 Å². The highest BCUT2D eigenvalue weighted by atomic mass is 16.3. The highest BCUT2D eigenvalue weighted by Gasteiger charge is 2.21. The Hall–Kier alpha value is -7.82. The van der Waals surface area contributed by atoms with Crippen LogP contribution in [0.15, 0.2) is 203 Å². The van der Waals surface area contributed by atoms with E-state index in [-0.39, 0.29) is 0 Å². The smallest absolute Gasteiger partial charge is 0.135 e. The lowest BCUT2D eigenvalue weighted by Crippen LogP contribution is -1.99. The van der Waals surface area contributed by atoms with Crippen molar-refractivity contribution in [3.8, 4) is 33.6 Å². The molecule has 0 aliphatic carbocycles. The lowest BCUT2D eigenvalue weighted by Gasteiger charge is -2.15. The molecule has 4 nitrogen and oxygen atoms in total. The average Bonchev–Trinajstić information content (AvgIpc) is 4.04. The molecule has 4 heterocycles. The Balaban J connectivity index is 1.09. The van der Waals surface area contributed by atoms with Crippen molar-refractivity contribution < 1.29 is 8.83 Å². The molecule has 0 aliphatic rings. The maximum atomic E-state index is 6.27. The van der Waals surface area contributed by atoms with Crippen molar-refractivity contribution >= 4 is 87.5 Å². The summed E-state index contributed by atoms with van der Waals surface area (Å²) in [6, 6.07) is 69.7. The van der Waals surface area contributed by atoms with Gasteiger partial charge in [0.2, 0.25) is 0 Å². The summed E-state index contributed by atoms with van der Waals surface area (Å²) < 4.78 is 17.4. The van der Waals surface area contributed by atoms with Crippen LogP contribution in [-0.2, 0) is 0 Å². The topological polar surface area (TPSA) is 36.1 Å². The summed E-state index contributed by atoms with van der Waals surface area (Å²) in [6.45, 7) is 0. The third kappa shape index (κ3) is 4.40. The molecule has 13 rings (SSSR count). The summed E-state index contributed by atoms with van der Waals surface area (Å²) in [5, 5.41) is 9.39. The van der Waals surface area contributed by atoms with Gasteiger partial charge < -0.3 is 18.0 Å². The molecule has 0 N–H and O–H groups in total. The molecule has 9 aromatic carbocycles. The van der Waals surface area contributed by atoms with Gasteiger partial charge in [-0.2, -0.15) is 0 Å². The molecule has 0 saturated heterocycles. The van der Waals surface area contributed by atoms with Crippen LogP contribution in [0.4, 0.5) is 0 Å². The summed E-state index contributed by atoms with van der Waals surface area (Å²) in [5.74, 6) is 0. The van der Waals surface area contributed by atoms with E-state index in [4.69, 9.17) is 8.83 Å². The normalized spacial score (nSPS) is 12.1. The van der Waals surface area contributed by atoms with Gasteiger partial charge in [0, 0.05) is 65.6 Å². The molecular weight excluding hydrogens is 709 g/mol. The summed E-state index contributed by atoms with van der Waals surface area (Å²) in [5.41, 5.74) is 15.1. The number of furan rings is 2. The second-order valence-electron chi connectivity index (χ2n) is 15.2. The highest BCUT2D eigenvalue weighted by molar-refractivity contribution is 6.18. The Morgan fingerprint density at radius 1 is 0.276 bits per heavy atom. The fourth-order valence-electron chi connectivity index (χ4n) is 9.58. The molecule has 0 saturated carbocycles. The zero-order valence-electron chi connectivity index (χ0n) is 31.2. The predicted octanol–water partition coefficient (Wildman–Crippen LogP) is 15.0. The van der Waals surface area contributed by atoms with Gasteiger partial charge in [-0.25, -0.2) is 0 Å². The standard InChI is InChI=1S/C54H32N2O2/c1-5-19-47-39(11-1)40-12-2-6-20-48(40)55(47)35-25-27-36(28-26-35)56-53-37(33-23-29-51-45(31-33)41-13-3-7-21-49(41)57-51)15-9-17-43(53)44-18-10-16-38(54(44)56)34-24-30-52-46(32-34)42-14-4-8-22-50(42)58-52/h1-32H. The Bertz CT molecular complexity index is 3570. The van der Waals surface area contributed by atoms with Gasteiger partial charge in [-0.1, -0.05) is 121 Å². The number of rotatable bonds is 4. The van der Waals surface area contributed by atoms with Crippen LogP contribution in [0.25, 0.3) is 121 Å².